The molecule has 2 N–H and O–H groups in total. The van der Waals surface area contributed by atoms with E-state index in [0.29, 0.717) is 29.5 Å². The van der Waals surface area contributed by atoms with Gasteiger partial charge in [0.1, 0.15) is 11.8 Å². The van der Waals surface area contributed by atoms with E-state index in [1.807, 2.05) is 18.2 Å². The van der Waals surface area contributed by atoms with Gasteiger partial charge >= 0.3 is 0 Å². The molecule has 0 aliphatic carbocycles. The lowest BCUT2D eigenvalue weighted by Gasteiger charge is -2.20. The van der Waals surface area contributed by atoms with Gasteiger partial charge in [-0.2, -0.15) is 0 Å². The third kappa shape index (κ3) is 5.17. The summed E-state index contributed by atoms with van der Waals surface area (Å²) in [5.74, 6) is 0.442. The highest BCUT2D eigenvalue weighted by Crippen LogP contribution is 2.15. The zero-order valence-electron chi connectivity index (χ0n) is 15.7. The van der Waals surface area contributed by atoms with Crippen LogP contribution in [0.15, 0.2) is 54.6 Å². The third-order valence-electron chi connectivity index (χ3n) is 5.15. The number of quaternary nitrogens is 1. The molecule has 0 spiro atoms. The second-order valence-corrected chi connectivity index (χ2v) is 6.91. The van der Waals surface area contributed by atoms with E-state index in [-0.39, 0.29) is 18.3 Å². The molecular weight excluding hydrogens is 340 g/mol. The van der Waals surface area contributed by atoms with Crippen molar-refractivity contribution in [3.05, 3.63) is 65.7 Å². The average Bonchev–Trinajstić information content (AvgIpc) is 3.19. The quantitative estimate of drug-likeness (QED) is 0.695. The molecule has 1 aliphatic rings. The monoisotopic (exact) mass is 367 g/mol. The topological polar surface area (TPSA) is 59.8 Å². The van der Waals surface area contributed by atoms with E-state index in [0.717, 1.165) is 6.54 Å². The van der Waals surface area contributed by atoms with Crippen molar-refractivity contribution in [2.45, 2.75) is 25.8 Å². The van der Waals surface area contributed by atoms with E-state index in [1.165, 1.54) is 19.4 Å². The van der Waals surface area contributed by atoms with Gasteiger partial charge in [0.2, 0.25) is 0 Å². The Labute approximate surface area is 160 Å². The maximum Gasteiger partial charge on any atom is 0.258 e. The number of likely N-dealkylation sites (N-methyl/N-ethyl adjacent to an activating group) is 1. The molecule has 27 heavy (non-hydrogen) atoms. The molecule has 3 rings (SSSR count). The van der Waals surface area contributed by atoms with E-state index < -0.39 is 0 Å². The number of carbonyl (C=O) groups excluding carboxylic acids is 2. The van der Waals surface area contributed by atoms with Gasteiger partial charge in [0.05, 0.1) is 19.6 Å². The summed E-state index contributed by atoms with van der Waals surface area (Å²) in [5, 5.41) is 2.97. The lowest BCUT2D eigenvalue weighted by atomic mass is 10.0. The Kier molecular flexibility index (Phi) is 6.60. The maximum absolute atomic E-state index is 12.4. The lowest BCUT2D eigenvalue weighted by Crippen LogP contribution is -3.14. The molecule has 1 unspecified atom stereocenters. The molecule has 5 nitrogen and oxygen atoms in total. The fraction of sp³-hybridized carbons (Fsp3) is 0.364. The third-order valence-corrected chi connectivity index (χ3v) is 5.15. The van der Waals surface area contributed by atoms with E-state index in [2.05, 4.69) is 12.2 Å². The molecule has 2 atom stereocenters. The van der Waals surface area contributed by atoms with Gasteiger partial charge in [-0.15, -0.1) is 0 Å². The minimum atomic E-state index is -0.109. The number of hydrogen-bond acceptors (Lipinski definition) is 3. The van der Waals surface area contributed by atoms with Crippen LogP contribution in [0.25, 0.3) is 0 Å². The minimum absolute atomic E-state index is 0.0137. The van der Waals surface area contributed by atoms with Gasteiger partial charge in [-0.3, -0.25) is 9.59 Å². The first-order chi connectivity index (χ1) is 13.2. The number of rotatable bonds is 8. The van der Waals surface area contributed by atoms with Crippen molar-refractivity contribution in [2.75, 3.05) is 26.2 Å². The van der Waals surface area contributed by atoms with Crippen molar-refractivity contribution >= 4 is 11.7 Å². The Morgan fingerprint density at radius 3 is 2.48 bits per heavy atom. The molecule has 142 valence electrons. The summed E-state index contributed by atoms with van der Waals surface area (Å²) in [6.45, 7) is 5.17. The van der Waals surface area contributed by atoms with Gasteiger partial charge in [-0.1, -0.05) is 30.3 Å². The number of nitrogens with one attached hydrogen (secondary N) is 2. The molecule has 1 heterocycles. The summed E-state index contributed by atoms with van der Waals surface area (Å²) in [7, 11) is 0. The molecule has 0 saturated carbocycles. The van der Waals surface area contributed by atoms with Crippen molar-refractivity contribution in [1.29, 1.82) is 0 Å². The van der Waals surface area contributed by atoms with Gasteiger partial charge in [0.15, 0.2) is 12.4 Å². The van der Waals surface area contributed by atoms with Gasteiger partial charge in [-0.05, 0) is 31.2 Å². The van der Waals surface area contributed by atoms with E-state index in [4.69, 9.17) is 4.74 Å². The first-order valence-corrected chi connectivity index (χ1v) is 9.61. The normalized spacial score (nSPS) is 18.9. The van der Waals surface area contributed by atoms with Gasteiger partial charge < -0.3 is 15.0 Å². The fourth-order valence-electron chi connectivity index (χ4n) is 3.59. The molecule has 2 aromatic rings. The van der Waals surface area contributed by atoms with Crippen LogP contribution in [-0.2, 0) is 4.79 Å². The van der Waals surface area contributed by atoms with Crippen LogP contribution in [0.5, 0.6) is 5.75 Å². The Bertz CT molecular complexity index is 759. The van der Waals surface area contributed by atoms with Crippen molar-refractivity contribution in [1.82, 2.24) is 5.32 Å². The van der Waals surface area contributed by atoms with E-state index in [9.17, 15) is 9.59 Å². The largest absolute Gasteiger partial charge is 0.484 e. The van der Waals surface area contributed by atoms with Crippen LogP contribution in [0.3, 0.4) is 0 Å². The summed E-state index contributed by atoms with van der Waals surface area (Å²) in [5.41, 5.74) is 1.25. The van der Waals surface area contributed by atoms with Crippen molar-refractivity contribution in [3.63, 3.8) is 0 Å². The van der Waals surface area contributed by atoms with E-state index in [1.54, 1.807) is 41.3 Å². The zero-order chi connectivity index (χ0) is 19.1. The SMILES string of the molecule is CC[NH+]1CCC[C@H]1CNC(=O)COc1ccc(C(=O)c2ccccc2)cc1. The summed E-state index contributed by atoms with van der Waals surface area (Å²) >= 11 is 0. The molecule has 0 aromatic heterocycles. The predicted molar refractivity (Wildman–Crippen MR) is 104 cm³/mol. The van der Waals surface area contributed by atoms with Crippen LogP contribution in [0.4, 0.5) is 0 Å². The Hall–Kier alpha value is -2.66. The number of likely N-dealkylation sites (tertiary alicyclic amines) is 1. The highest BCUT2D eigenvalue weighted by molar-refractivity contribution is 6.08. The van der Waals surface area contributed by atoms with Gasteiger partial charge in [0.25, 0.3) is 5.91 Å². The Morgan fingerprint density at radius 1 is 1.07 bits per heavy atom. The predicted octanol–water partition coefficient (Wildman–Crippen LogP) is 1.48. The van der Waals surface area contributed by atoms with Crippen molar-refractivity contribution in [2.24, 2.45) is 0 Å². The molecule has 1 fully saturated rings. The number of ether oxygens (including phenoxy) is 1. The highest BCUT2D eigenvalue weighted by Gasteiger charge is 2.27. The molecule has 5 heteroatoms. The molecular formula is C22H27N2O3+. The average molecular weight is 367 g/mol. The second-order valence-electron chi connectivity index (χ2n) is 6.91. The molecule has 1 amide bonds. The van der Waals surface area contributed by atoms with Crippen LogP contribution >= 0.6 is 0 Å². The van der Waals surface area contributed by atoms with Gasteiger partial charge in [0, 0.05) is 24.0 Å². The van der Waals surface area contributed by atoms with Crippen LogP contribution in [0.1, 0.15) is 35.7 Å². The first kappa shape index (κ1) is 19.1. The zero-order valence-corrected chi connectivity index (χ0v) is 15.7. The van der Waals surface area contributed by atoms with Crippen molar-refractivity contribution in [3.8, 4) is 5.75 Å². The molecule has 1 saturated heterocycles. The number of amides is 1. The first-order valence-electron chi connectivity index (χ1n) is 9.61. The van der Waals surface area contributed by atoms with Crippen LogP contribution in [-0.4, -0.2) is 44.0 Å². The molecule has 1 aliphatic heterocycles. The highest BCUT2D eigenvalue weighted by atomic mass is 16.5. The van der Waals surface area contributed by atoms with Gasteiger partial charge in [-0.25, -0.2) is 0 Å². The van der Waals surface area contributed by atoms with Crippen molar-refractivity contribution < 1.29 is 19.2 Å². The summed E-state index contributed by atoms with van der Waals surface area (Å²) in [6.07, 6.45) is 2.40. The number of hydrogen-bond donors (Lipinski definition) is 2. The standard InChI is InChI=1S/C22H26N2O3/c1-2-24-14-6-9-19(24)15-23-21(25)16-27-20-12-10-18(11-13-20)22(26)17-7-4-3-5-8-17/h3-5,7-8,10-13,19H,2,6,9,14-16H2,1H3,(H,23,25)/p+1/t19-/m0/s1. The maximum atomic E-state index is 12.4. The van der Waals surface area contributed by atoms with Crippen LogP contribution in [0, 0.1) is 0 Å². The molecule has 2 aromatic carbocycles. The van der Waals surface area contributed by atoms with E-state index >= 15 is 0 Å². The lowest BCUT2D eigenvalue weighted by molar-refractivity contribution is -0.909. The Balaban J connectivity index is 1.46. The minimum Gasteiger partial charge on any atom is -0.484 e. The fourth-order valence-corrected chi connectivity index (χ4v) is 3.59. The van der Waals surface area contributed by atoms with Crippen LogP contribution in [0.2, 0.25) is 0 Å². The van der Waals surface area contributed by atoms with Crippen LogP contribution < -0.4 is 15.0 Å². The summed E-state index contributed by atoms with van der Waals surface area (Å²) in [6, 6.07) is 16.6. The number of carbonyl (C=O) groups is 2. The smallest absolute Gasteiger partial charge is 0.258 e. The number of ketones is 1. The summed E-state index contributed by atoms with van der Waals surface area (Å²) in [4.78, 5) is 26.0. The second kappa shape index (κ2) is 9.33. The molecule has 0 radical (unpaired) electrons. The Morgan fingerprint density at radius 2 is 1.78 bits per heavy atom. The molecule has 0 bridgehead atoms. The number of benzene rings is 2. The summed E-state index contributed by atoms with van der Waals surface area (Å²) < 4.78 is 5.55.